The molecule has 1 aromatic rings. The summed E-state index contributed by atoms with van der Waals surface area (Å²) in [5.74, 6) is 0.153. The van der Waals surface area contributed by atoms with E-state index in [1.54, 1.807) is 6.07 Å². The van der Waals surface area contributed by atoms with E-state index in [0.29, 0.717) is 10.0 Å². The topological polar surface area (TPSA) is 32.3 Å². The molecule has 0 radical (unpaired) electrons. The van der Waals surface area contributed by atoms with Gasteiger partial charge in [-0.1, -0.05) is 23.2 Å². The number of carbonyl (C=O) groups is 1. The molecule has 5 heteroatoms. The largest absolute Gasteiger partial charge is 0.347 e. The van der Waals surface area contributed by atoms with E-state index in [1.165, 1.54) is 0 Å². The molecule has 1 aromatic carbocycles. The van der Waals surface area contributed by atoms with Crippen molar-refractivity contribution >= 4 is 29.1 Å². The van der Waals surface area contributed by atoms with Crippen LogP contribution >= 0.6 is 23.2 Å². The lowest BCUT2D eigenvalue weighted by molar-refractivity contribution is -0.128. The zero-order valence-corrected chi connectivity index (χ0v) is 14.3. The fourth-order valence-electron chi connectivity index (χ4n) is 2.78. The molecule has 1 fully saturated rings. The fraction of sp³-hybridized carbons (Fsp3) is 0.562. The predicted octanol–water partition coefficient (Wildman–Crippen LogP) is 3.69. The molecule has 2 rings (SSSR count). The molecule has 1 saturated heterocycles. The average Bonchev–Trinajstić information content (AvgIpc) is 2.37. The number of amides is 1. The van der Waals surface area contributed by atoms with Crippen LogP contribution in [-0.4, -0.2) is 30.9 Å². The van der Waals surface area contributed by atoms with Crippen LogP contribution in [0.5, 0.6) is 0 Å². The Labute approximate surface area is 136 Å². The number of hydrogen-bond donors (Lipinski definition) is 1. The normalized spacial score (nSPS) is 20.3. The second-order valence-corrected chi connectivity index (χ2v) is 7.25. The van der Waals surface area contributed by atoms with Gasteiger partial charge in [0.05, 0.1) is 11.5 Å². The van der Waals surface area contributed by atoms with Gasteiger partial charge < -0.3 is 10.2 Å². The third kappa shape index (κ3) is 4.35. The molecule has 0 saturated carbocycles. The minimum Gasteiger partial charge on any atom is -0.347 e. The highest BCUT2D eigenvalue weighted by Gasteiger charge is 2.29. The third-order valence-corrected chi connectivity index (χ3v) is 4.45. The van der Waals surface area contributed by atoms with Crippen LogP contribution in [0.15, 0.2) is 18.2 Å². The van der Waals surface area contributed by atoms with E-state index in [0.717, 1.165) is 31.5 Å². The summed E-state index contributed by atoms with van der Waals surface area (Å²) in [4.78, 5) is 14.7. The molecule has 21 heavy (non-hydrogen) atoms. The molecule has 0 spiro atoms. The first-order chi connectivity index (χ1) is 9.78. The van der Waals surface area contributed by atoms with Gasteiger partial charge >= 0.3 is 0 Å². The number of rotatable bonds is 3. The maximum Gasteiger partial charge on any atom is 0.225 e. The van der Waals surface area contributed by atoms with Gasteiger partial charge in [-0.25, -0.2) is 0 Å². The highest BCUT2D eigenvalue weighted by atomic mass is 35.5. The van der Waals surface area contributed by atoms with E-state index >= 15 is 0 Å². The van der Waals surface area contributed by atoms with Gasteiger partial charge in [-0.3, -0.25) is 4.79 Å². The Bertz CT molecular complexity index is 511. The van der Waals surface area contributed by atoms with Crippen molar-refractivity contribution in [2.24, 2.45) is 5.92 Å². The Kier molecular flexibility index (Phi) is 5.18. The van der Waals surface area contributed by atoms with E-state index in [4.69, 9.17) is 23.2 Å². The SMILES string of the molecule is CN1CCC[C@H](C(=O)NC(C)(C)c2cc(Cl)cc(Cl)c2)C1. The monoisotopic (exact) mass is 328 g/mol. The van der Waals surface area contributed by atoms with Gasteiger partial charge in [-0.15, -0.1) is 0 Å². The number of carbonyl (C=O) groups excluding carboxylic acids is 1. The van der Waals surface area contributed by atoms with Crippen LogP contribution in [0.4, 0.5) is 0 Å². The molecule has 1 aliphatic heterocycles. The van der Waals surface area contributed by atoms with Crippen LogP contribution in [0.2, 0.25) is 10.0 Å². The lowest BCUT2D eigenvalue weighted by Crippen LogP contribution is -2.48. The van der Waals surface area contributed by atoms with Crippen molar-refractivity contribution < 1.29 is 4.79 Å². The molecule has 0 bridgehead atoms. The second-order valence-electron chi connectivity index (χ2n) is 6.37. The molecular formula is C16H22Cl2N2O. The molecule has 0 unspecified atom stereocenters. The van der Waals surface area contributed by atoms with Crippen LogP contribution in [0.25, 0.3) is 0 Å². The summed E-state index contributed by atoms with van der Waals surface area (Å²) in [6, 6.07) is 5.39. The summed E-state index contributed by atoms with van der Waals surface area (Å²) in [5.41, 5.74) is 0.416. The molecule has 1 N–H and O–H groups in total. The van der Waals surface area contributed by atoms with Gasteiger partial charge in [0.1, 0.15) is 0 Å². The smallest absolute Gasteiger partial charge is 0.225 e. The van der Waals surface area contributed by atoms with Crippen molar-refractivity contribution in [3.8, 4) is 0 Å². The number of benzene rings is 1. The van der Waals surface area contributed by atoms with Crippen molar-refractivity contribution in [2.45, 2.75) is 32.2 Å². The highest BCUT2D eigenvalue weighted by molar-refractivity contribution is 6.34. The van der Waals surface area contributed by atoms with Crippen LogP contribution in [0.3, 0.4) is 0 Å². The summed E-state index contributed by atoms with van der Waals surface area (Å²) >= 11 is 12.1. The van der Waals surface area contributed by atoms with E-state index in [-0.39, 0.29) is 11.8 Å². The Morgan fingerprint density at radius 3 is 2.48 bits per heavy atom. The molecule has 1 heterocycles. The standard InChI is InChI=1S/C16H22Cl2N2O/c1-16(2,12-7-13(17)9-14(18)8-12)19-15(21)11-5-4-6-20(3)10-11/h7-9,11H,4-6,10H2,1-3H3,(H,19,21)/t11-/m0/s1. The Morgan fingerprint density at radius 1 is 1.29 bits per heavy atom. The lowest BCUT2D eigenvalue weighted by atomic mass is 9.91. The van der Waals surface area contributed by atoms with Crippen LogP contribution in [-0.2, 0) is 10.3 Å². The minimum absolute atomic E-state index is 0.0534. The quantitative estimate of drug-likeness (QED) is 0.917. The molecule has 0 aliphatic carbocycles. The Morgan fingerprint density at radius 2 is 1.90 bits per heavy atom. The zero-order valence-electron chi connectivity index (χ0n) is 12.7. The number of nitrogens with zero attached hydrogens (tertiary/aromatic N) is 1. The maximum absolute atomic E-state index is 12.5. The zero-order chi connectivity index (χ0) is 15.6. The van der Waals surface area contributed by atoms with Gasteiger partial charge in [0.25, 0.3) is 0 Å². The summed E-state index contributed by atoms with van der Waals surface area (Å²) in [5, 5.41) is 4.30. The van der Waals surface area contributed by atoms with Gasteiger partial charge in [0.2, 0.25) is 5.91 Å². The van der Waals surface area contributed by atoms with E-state index in [1.807, 2.05) is 26.0 Å². The van der Waals surface area contributed by atoms with Gasteiger partial charge in [-0.05, 0) is 64.0 Å². The predicted molar refractivity (Wildman–Crippen MR) is 87.9 cm³/mol. The van der Waals surface area contributed by atoms with Crippen LogP contribution < -0.4 is 5.32 Å². The Hall–Kier alpha value is -0.770. The fourth-order valence-corrected chi connectivity index (χ4v) is 3.30. The number of halogens is 2. The van der Waals surface area contributed by atoms with Crippen molar-refractivity contribution in [2.75, 3.05) is 20.1 Å². The van der Waals surface area contributed by atoms with Crippen LogP contribution in [0, 0.1) is 5.92 Å². The van der Waals surface area contributed by atoms with Crippen molar-refractivity contribution in [1.29, 1.82) is 0 Å². The van der Waals surface area contributed by atoms with Gasteiger partial charge in [0, 0.05) is 16.6 Å². The lowest BCUT2D eigenvalue weighted by Gasteiger charge is -2.33. The first-order valence-electron chi connectivity index (χ1n) is 7.25. The summed E-state index contributed by atoms with van der Waals surface area (Å²) < 4.78 is 0. The average molecular weight is 329 g/mol. The molecule has 1 amide bonds. The number of hydrogen-bond acceptors (Lipinski definition) is 2. The molecule has 1 atom stereocenters. The summed E-state index contributed by atoms with van der Waals surface area (Å²) in [6.07, 6.45) is 2.01. The third-order valence-electron chi connectivity index (χ3n) is 4.02. The van der Waals surface area contributed by atoms with Crippen LogP contribution in [0.1, 0.15) is 32.3 Å². The van der Waals surface area contributed by atoms with Crippen molar-refractivity contribution in [1.82, 2.24) is 10.2 Å². The number of likely N-dealkylation sites (tertiary alicyclic amines) is 1. The molecular weight excluding hydrogens is 307 g/mol. The molecule has 3 nitrogen and oxygen atoms in total. The van der Waals surface area contributed by atoms with E-state index in [9.17, 15) is 4.79 Å². The van der Waals surface area contributed by atoms with Crippen molar-refractivity contribution in [3.05, 3.63) is 33.8 Å². The Balaban J connectivity index is 2.10. The molecule has 0 aromatic heterocycles. The van der Waals surface area contributed by atoms with E-state index < -0.39 is 5.54 Å². The second kappa shape index (κ2) is 6.55. The first kappa shape index (κ1) is 16.6. The molecule has 116 valence electrons. The number of piperidine rings is 1. The molecule has 1 aliphatic rings. The van der Waals surface area contributed by atoms with Gasteiger partial charge in [0.15, 0.2) is 0 Å². The maximum atomic E-state index is 12.5. The summed E-state index contributed by atoms with van der Waals surface area (Å²) in [6.45, 7) is 5.83. The minimum atomic E-state index is -0.498. The highest BCUT2D eigenvalue weighted by Crippen LogP contribution is 2.28. The first-order valence-corrected chi connectivity index (χ1v) is 8.00. The van der Waals surface area contributed by atoms with E-state index in [2.05, 4.69) is 17.3 Å². The van der Waals surface area contributed by atoms with Gasteiger partial charge in [-0.2, -0.15) is 0 Å². The summed E-state index contributed by atoms with van der Waals surface area (Å²) in [7, 11) is 2.06. The number of nitrogens with one attached hydrogen (secondary N) is 1. The van der Waals surface area contributed by atoms with Crippen molar-refractivity contribution in [3.63, 3.8) is 0 Å².